The van der Waals surface area contributed by atoms with E-state index in [0.29, 0.717) is 22.1 Å². The van der Waals surface area contributed by atoms with Crippen molar-refractivity contribution < 1.29 is 52.1 Å². The van der Waals surface area contributed by atoms with E-state index in [-0.39, 0.29) is 53.4 Å². The maximum atomic E-state index is 9.38. The van der Waals surface area contributed by atoms with E-state index < -0.39 is 0 Å². The van der Waals surface area contributed by atoms with Crippen LogP contribution in [0, 0.1) is 13.8 Å². The van der Waals surface area contributed by atoms with Crippen molar-refractivity contribution in [3.63, 3.8) is 0 Å². The zero-order valence-corrected chi connectivity index (χ0v) is 17.0. The van der Waals surface area contributed by atoms with Crippen molar-refractivity contribution in [1.82, 2.24) is 19.9 Å². The van der Waals surface area contributed by atoms with Gasteiger partial charge in [0.25, 0.3) is 0 Å². The second kappa shape index (κ2) is 10.8. The number of aromatic hydroxyl groups is 2. The van der Waals surface area contributed by atoms with Gasteiger partial charge < -0.3 is 35.0 Å². The molecule has 9 heteroatoms. The number of fused-ring (bicyclic) bond motifs is 2. The molecule has 4 aromatic rings. The van der Waals surface area contributed by atoms with Gasteiger partial charge in [-0.2, -0.15) is 0 Å². The van der Waals surface area contributed by atoms with Gasteiger partial charge in [0.1, 0.15) is 11.5 Å². The summed E-state index contributed by atoms with van der Waals surface area (Å²) in [5.41, 5.74) is 2.99. The zero-order chi connectivity index (χ0) is 17.1. The molecule has 4 aromatic heterocycles. The molecule has 0 bridgehead atoms. The predicted molar refractivity (Wildman–Crippen MR) is 91.9 cm³/mol. The molecule has 4 rings (SSSR count). The van der Waals surface area contributed by atoms with E-state index in [4.69, 9.17) is 0 Å². The van der Waals surface area contributed by atoms with Crippen molar-refractivity contribution >= 4 is 22.1 Å². The summed E-state index contributed by atoms with van der Waals surface area (Å²) >= 11 is 0. The first-order valence-corrected chi connectivity index (χ1v) is 7.37. The molecular weight excluding hydrogens is 431 g/mol. The van der Waals surface area contributed by atoms with E-state index in [2.05, 4.69) is 19.9 Å². The van der Waals surface area contributed by atoms with Crippen LogP contribution in [0.25, 0.3) is 22.1 Å². The Bertz CT molecular complexity index is 951. The summed E-state index contributed by atoms with van der Waals surface area (Å²) in [6, 6.07) is 10.5. The van der Waals surface area contributed by atoms with Crippen LogP contribution in [-0.4, -0.2) is 30.1 Å². The third-order valence-corrected chi connectivity index (χ3v) is 3.44. The number of pyridine rings is 4. The molecule has 2 N–H and O–H groups in total. The van der Waals surface area contributed by atoms with Crippen LogP contribution in [0.2, 0.25) is 0 Å². The van der Waals surface area contributed by atoms with E-state index in [9.17, 15) is 10.2 Å². The maximum absolute atomic E-state index is 9.38. The average molecular weight is 447 g/mol. The van der Waals surface area contributed by atoms with Gasteiger partial charge in [0, 0.05) is 23.8 Å². The second-order valence-corrected chi connectivity index (χ2v) is 5.31. The maximum Gasteiger partial charge on any atom is 2.00 e. The SMILES string of the molecule is Cc1ccc2c(O)ccnc2n1.Cc1ccc2c(O)ccnc2n1.[Cl-].[Cl-].[Fe+2]. The molecule has 6 nitrogen and oxygen atoms in total. The van der Waals surface area contributed by atoms with E-state index in [0.717, 1.165) is 11.4 Å². The van der Waals surface area contributed by atoms with Crippen LogP contribution < -0.4 is 24.8 Å². The van der Waals surface area contributed by atoms with Gasteiger partial charge in [-0.05, 0) is 50.2 Å². The van der Waals surface area contributed by atoms with E-state index in [1.165, 1.54) is 0 Å². The summed E-state index contributed by atoms with van der Waals surface area (Å²) in [7, 11) is 0. The fraction of sp³-hybridized carbons (Fsp3) is 0.111. The molecule has 0 unspecified atom stereocenters. The standard InChI is InChI=1S/2C9H8N2O.2ClH.Fe/c2*1-6-2-3-7-8(12)4-5-10-9(7)11-6;;;/h2*2-5H,1H3,(H,10,11,12);2*1H;/q;;;;+2/p-2. The molecule has 0 radical (unpaired) electrons. The average Bonchev–Trinajstić information content (AvgIpc) is 2.55. The topological polar surface area (TPSA) is 92.0 Å². The Morgan fingerprint density at radius 3 is 1.37 bits per heavy atom. The molecule has 27 heavy (non-hydrogen) atoms. The molecule has 4 heterocycles. The molecule has 0 aliphatic rings. The molecular formula is C18H16Cl2FeN4O2. The Morgan fingerprint density at radius 2 is 1.00 bits per heavy atom. The fourth-order valence-electron chi connectivity index (χ4n) is 2.22. The molecule has 0 atom stereocenters. The van der Waals surface area contributed by atoms with Crippen molar-refractivity contribution in [2.24, 2.45) is 0 Å². The van der Waals surface area contributed by atoms with Crippen LogP contribution in [0.15, 0.2) is 48.8 Å². The van der Waals surface area contributed by atoms with Gasteiger partial charge in [-0.1, -0.05) is 0 Å². The summed E-state index contributed by atoms with van der Waals surface area (Å²) < 4.78 is 0. The fourth-order valence-corrected chi connectivity index (χ4v) is 2.22. The van der Waals surface area contributed by atoms with Crippen LogP contribution in [0.4, 0.5) is 0 Å². The first kappa shape index (κ1) is 24.8. The quantitative estimate of drug-likeness (QED) is 0.285. The van der Waals surface area contributed by atoms with Gasteiger partial charge >= 0.3 is 17.1 Å². The molecule has 0 fully saturated rings. The zero-order valence-electron chi connectivity index (χ0n) is 14.4. The Morgan fingerprint density at radius 1 is 0.630 bits per heavy atom. The van der Waals surface area contributed by atoms with Crippen LogP contribution in [0.1, 0.15) is 11.4 Å². The monoisotopic (exact) mass is 446 g/mol. The minimum Gasteiger partial charge on any atom is -1.00 e. The largest absolute Gasteiger partial charge is 2.00 e. The van der Waals surface area contributed by atoms with Gasteiger partial charge in [-0.15, -0.1) is 0 Å². The van der Waals surface area contributed by atoms with Gasteiger partial charge in [-0.3, -0.25) is 0 Å². The molecule has 0 aliphatic heterocycles. The molecule has 0 saturated heterocycles. The molecule has 0 aromatic carbocycles. The second-order valence-electron chi connectivity index (χ2n) is 5.31. The molecule has 0 saturated carbocycles. The van der Waals surface area contributed by atoms with Crippen molar-refractivity contribution in [3.05, 3.63) is 60.2 Å². The van der Waals surface area contributed by atoms with Crippen LogP contribution >= 0.6 is 0 Å². The number of halogens is 2. The minimum absolute atomic E-state index is 0. The summed E-state index contributed by atoms with van der Waals surface area (Å²) in [5.74, 6) is 0.458. The first-order valence-electron chi connectivity index (χ1n) is 7.37. The molecule has 0 aliphatic carbocycles. The number of hydrogen-bond donors (Lipinski definition) is 2. The van der Waals surface area contributed by atoms with Gasteiger partial charge in [0.2, 0.25) is 0 Å². The Labute approximate surface area is 179 Å². The summed E-state index contributed by atoms with van der Waals surface area (Å²) in [5, 5.41) is 20.2. The van der Waals surface area contributed by atoms with Crippen molar-refractivity contribution in [2.75, 3.05) is 0 Å². The van der Waals surface area contributed by atoms with Crippen molar-refractivity contribution in [1.29, 1.82) is 0 Å². The van der Waals surface area contributed by atoms with Crippen molar-refractivity contribution in [3.8, 4) is 11.5 Å². The third kappa shape index (κ3) is 5.91. The number of hydrogen-bond acceptors (Lipinski definition) is 6. The van der Waals surface area contributed by atoms with Gasteiger partial charge in [-0.25, -0.2) is 19.9 Å². The summed E-state index contributed by atoms with van der Waals surface area (Å²) in [6.07, 6.45) is 3.09. The summed E-state index contributed by atoms with van der Waals surface area (Å²) in [4.78, 5) is 16.4. The van der Waals surface area contributed by atoms with Crippen LogP contribution in [0.3, 0.4) is 0 Å². The molecule has 0 amide bonds. The number of aryl methyl sites for hydroxylation is 2. The van der Waals surface area contributed by atoms with Gasteiger partial charge in [0.15, 0.2) is 11.3 Å². The van der Waals surface area contributed by atoms with E-state index in [1.54, 1.807) is 24.5 Å². The Balaban J connectivity index is 0.000000451. The predicted octanol–water partition coefficient (Wildman–Crippen LogP) is -2.71. The van der Waals surface area contributed by atoms with E-state index in [1.807, 2.05) is 38.1 Å². The molecule has 142 valence electrons. The van der Waals surface area contributed by atoms with Crippen LogP contribution in [0.5, 0.6) is 11.5 Å². The summed E-state index contributed by atoms with van der Waals surface area (Å²) in [6.45, 7) is 3.79. The first-order chi connectivity index (χ1) is 11.5. The van der Waals surface area contributed by atoms with Gasteiger partial charge in [0.05, 0.1) is 10.8 Å². The number of nitrogens with zero attached hydrogens (tertiary/aromatic N) is 4. The smallest absolute Gasteiger partial charge is 1.00 e. The number of rotatable bonds is 0. The number of aromatic nitrogens is 4. The van der Waals surface area contributed by atoms with Crippen LogP contribution in [-0.2, 0) is 17.1 Å². The molecule has 0 spiro atoms. The Kier molecular flexibility index (Phi) is 9.97. The Hall–Kier alpha value is -2.18. The normalized spacial score (nSPS) is 9.26. The van der Waals surface area contributed by atoms with Crippen molar-refractivity contribution in [2.45, 2.75) is 13.8 Å². The third-order valence-electron chi connectivity index (χ3n) is 3.44. The van der Waals surface area contributed by atoms with E-state index >= 15 is 0 Å². The minimum atomic E-state index is 0.